The van der Waals surface area contributed by atoms with Gasteiger partial charge in [-0.1, -0.05) is 18.2 Å². The van der Waals surface area contributed by atoms with E-state index >= 15 is 0 Å². The Balaban J connectivity index is 0.00000363. The predicted molar refractivity (Wildman–Crippen MR) is 142 cm³/mol. The van der Waals surface area contributed by atoms with Crippen LogP contribution in [0.3, 0.4) is 0 Å². The maximum absolute atomic E-state index is 12.5. The summed E-state index contributed by atoms with van der Waals surface area (Å²) in [7, 11) is 0. The summed E-state index contributed by atoms with van der Waals surface area (Å²) < 4.78 is 0. The lowest BCUT2D eigenvalue weighted by Crippen LogP contribution is -2.52. The lowest BCUT2D eigenvalue weighted by molar-refractivity contribution is 0.0773. The van der Waals surface area contributed by atoms with Crippen molar-refractivity contribution in [1.29, 1.82) is 0 Å². The number of pyridine rings is 1. The molecule has 1 aromatic heterocycles. The highest BCUT2D eigenvalue weighted by atomic mass is 127. The molecule has 8 heteroatoms. The van der Waals surface area contributed by atoms with E-state index in [9.17, 15) is 4.79 Å². The number of halogens is 1. The molecule has 1 amide bonds. The van der Waals surface area contributed by atoms with Crippen molar-refractivity contribution in [3.63, 3.8) is 0 Å². The topological polar surface area (TPSA) is 64.1 Å². The zero-order chi connectivity index (χ0) is 22.1. The third-order valence-corrected chi connectivity index (χ3v) is 5.55. The number of carbonyl (C=O) groups excluding carboxylic acids is 1. The fourth-order valence-electron chi connectivity index (χ4n) is 3.73. The minimum atomic E-state index is 0. The average molecular weight is 550 g/mol. The fraction of sp³-hybridized carbons (Fsp3) is 0.458. The van der Waals surface area contributed by atoms with Gasteiger partial charge in [0.25, 0.3) is 5.91 Å². The van der Waals surface area contributed by atoms with Crippen molar-refractivity contribution in [2.24, 2.45) is 4.99 Å². The number of nitrogens with one attached hydrogen (secondary N) is 1. The summed E-state index contributed by atoms with van der Waals surface area (Å²) in [5, 5.41) is 3.42. The molecule has 32 heavy (non-hydrogen) atoms. The Kier molecular flexibility index (Phi) is 10.7. The summed E-state index contributed by atoms with van der Waals surface area (Å²) in [6.07, 6.45) is 1.84. The van der Waals surface area contributed by atoms with Crippen molar-refractivity contribution in [3.05, 3.63) is 59.8 Å². The first-order valence-corrected chi connectivity index (χ1v) is 11.2. The predicted octanol–water partition coefficient (Wildman–Crippen LogP) is 3.47. The Morgan fingerprint density at radius 2 is 1.72 bits per heavy atom. The number of carbonyl (C=O) groups is 1. The Bertz CT molecular complexity index is 847. The normalized spacial score (nSPS) is 14.0. The fourth-order valence-corrected chi connectivity index (χ4v) is 3.73. The van der Waals surface area contributed by atoms with E-state index in [2.05, 4.69) is 33.1 Å². The van der Waals surface area contributed by atoms with Crippen molar-refractivity contribution in [3.8, 4) is 0 Å². The standard InChI is InChI=1S/C24H34N6O.HI/c1-4-25-24(30-17-15-29(16-18-30)22-9-7-8-14-26-22)27-19-20-10-12-21(13-11-20)23(31)28(5-2)6-3;/h7-14H,4-6,15-19H2,1-3H3,(H,25,27);1H. The zero-order valence-corrected chi connectivity index (χ0v) is 21.7. The lowest BCUT2D eigenvalue weighted by atomic mass is 10.1. The Hall–Kier alpha value is -2.36. The van der Waals surface area contributed by atoms with Crippen LogP contribution in [0.1, 0.15) is 36.7 Å². The second-order valence-corrected chi connectivity index (χ2v) is 7.51. The number of rotatable bonds is 7. The highest BCUT2D eigenvalue weighted by molar-refractivity contribution is 14.0. The van der Waals surface area contributed by atoms with E-state index in [1.54, 1.807) is 0 Å². The first-order valence-electron chi connectivity index (χ1n) is 11.2. The molecule has 1 N–H and O–H groups in total. The Morgan fingerprint density at radius 3 is 2.28 bits per heavy atom. The molecule has 0 aliphatic carbocycles. The summed E-state index contributed by atoms with van der Waals surface area (Å²) in [6, 6.07) is 13.9. The number of amides is 1. The molecular weight excluding hydrogens is 515 g/mol. The van der Waals surface area contributed by atoms with Gasteiger partial charge in [-0.15, -0.1) is 24.0 Å². The lowest BCUT2D eigenvalue weighted by Gasteiger charge is -2.37. The molecule has 3 rings (SSSR count). The molecular formula is C24H35IN6O. The summed E-state index contributed by atoms with van der Waals surface area (Å²) in [5.41, 5.74) is 1.83. The summed E-state index contributed by atoms with van der Waals surface area (Å²) in [4.78, 5) is 28.2. The first-order chi connectivity index (χ1) is 15.2. The number of hydrogen-bond donors (Lipinski definition) is 1. The second kappa shape index (κ2) is 13.2. The summed E-state index contributed by atoms with van der Waals surface area (Å²) in [6.45, 7) is 12.6. The van der Waals surface area contributed by atoms with Gasteiger partial charge in [0.15, 0.2) is 5.96 Å². The molecule has 7 nitrogen and oxygen atoms in total. The number of benzene rings is 1. The molecule has 0 radical (unpaired) electrons. The van der Waals surface area contributed by atoms with Crippen LogP contribution in [-0.2, 0) is 6.54 Å². The van der Waals surface area contributed by atoms with Crippen LogP contribution in [0.4, 0.5) is 5.82 Å². The van der Waals surface area contributed by atoms with Crippen LogP contribution in [0.5, 0.6) is 0 Å². The largest absolute Gasteiger partial charge is 0.357 e. The monoisotopic (exact) mass is 550 g/mol. The van der Waals surface area contributed by atoms with Gasteiger partial charge in [-0.2, -0.15) is 0 Å². The minimum Gasteiger partial charge on any atom is -0.357 e. The van der Waals surface area contributed by atoms with Crippen molar-refractivity contribution >= 4 is 41.7 Å². The van der Waals surface area contributed by atoms with Gasteiger partial charge in [0.05, 0.1) is 6.54 Å². The van der Waals surface area contributed by atoms with E-state index in [1.807, 2.05) is 61.3 Å². The quantitative estimate of drug-likeness (QED) is 0.325. The van der Waals surface area contributed by atoms with Crippen LogP contribution in [0.15, 0.2) is 53.7 Å². The third-order valence-electron chi connectivity index (χ3n) is 5.55. The molecule has 1 aliphatic rings. The Morgan fingerprint density at radius 1 is 1.03 bits per heavy atom. The van der Waals surface area contributed by atoms with Gasteiger partial charge in [-0.25, -0.2) is 9.98 Å². The zero-order valence-electron chi connectivity index (χ0n) is 19.3. The van der Waals surface area contributed by atoms with Gasteiger partial charge in [-0.3, -0.25) is 4.79 Å². The molecule has 2 heterocycles. The number of aromatic nitrogens is 1. The highest BCUT2D eigenvalue weighted by Gasteiger charge is 2.20. The number of aliphatic imine (C=N–C) groups is 1. The van der Waals surface area contributed by atoms with E-state index in [0.717, 1.165) is 68.7 Å². The highest BCUT2D eigenvalue weighted by Crippen LogP contribution is 2.13. The molecule has 174 valence electrons. The Labute approximate surface area is 208 Å². The molecule has 1 aliphatic heterocycles. The van der Waals surface area contributed by atoms with E-state index in [4.69, 9.17) is 4.99 Å². The molecule has 0 bridgehead atoms. The van der Waals surface area contributed by atoms with E-state index in [-0.39, 0.29) is 29.9 Å². The first kappa shape index (κ1) is 25.9. The molecule has 0 atom stereocenters. The summed E-state index contributed by atoms with van der Waals surface area (Å²) >= 11 is 0. The van der Waals surface area contributed by atoms with E-state index in [1.165, 1.54) is 0 Å². The van der Waals surface area contributed by atoms with Gasteiger partial charge in [-0.05, 0) is 50.6 Å². The van der Waals surface area contributed by atoms with Gasteiger partial charge < -0.3 is 20.0 Å². The number of piperazine rings is 1. The number of hydrogen-bond acceptors (Lipinski definition) is 4. The van der Waals surface area contributed by atoms with Gasteiger partial charge in [0.1, 0.15) is 5.82 Å². The second-order valence-electron chi connectivity index (χ2n) is 7.51. The number of nitrogens with zero attached hydrogens (tertiary/aromatic N) is 5. The smallest absolute Gasteiger partial charge is 0.253 e. The maximum atomic E-state index is 12.5. The maximum Gasteiger partial charge on any atom is 0.253 e. The average Bonchev–Trinajstić information content (AvgIpc) is 2.83. The van der Waals surface area contributed by atoms with Crippen LogP contribution in [-0.4, -0.2) is 72.5 Å². The van der Waals surface area contributed by atoms with E-state index in [0.29, 0.717) is 6.54 Å². The number of anilines is 1. The van der Waals surface area contributed by atoms with Crippen molar-refractivity contribution in [2.75, 3.05) is 50.7 Å². The molecule has 1 fully saturated rings. The van der Waals surface area contributed by atoms with Crippen molar-refractivity contribution < 1.29 is 4.79 Å². The van der Waals surface area contributed by atoms with Crippen LogP contribution in [0.2, 0.25) is 0 Å². The molecule has 1 saturated heterocycles. The van der Waals surface area contributed by atoms with Gasteiger partial charge in [0, 0.05) is 57.6 Å². The summed E-state index contributed by atoms with van der Waals surface area (Å²) in [5.74, 6) is 2.05. The molecule has 1 aromatic carbocycles. The van der Waals surface area contributed by atoms with Gasteiger partial charge in [0.2, 0.25) is 0 Å². The van der Waals surface area contributed by atoms with Gasteiger partial charge >= 0.3 is 0 Å². The van der Waals surface area contributed by atoms with Crippen molar-refractivity contribution in [2.45, 2.75) is 27.3 Å². The van der Waals surface area contributed by atoms with Crippen LogP contribution >= 0.6 is 24.0 Å². The minimum absolute atomic E-state index is 0. The third kappa shape index (κ3) is 6.82. The van der Waals surface area contributed by atoms with Crippen LogP contribution < -0.4 is 10.2 Å². The van der Waals surface area contributed by atoms with Crippen LogP contribution in [0.25, 0.3) is 0 Å². The molecule has 0 saturated carbocycles. The SMILES string of the molecule is CCNC(=NCc1ccc(C(=O)N(CC)CC)cc1)N1CCN(c2ccccn2)CC1.I. The molecule has 0 unspecified atom stereocenters. The molecule has 2 aromatic rings. The number of guanidine groups is 1. The molecule has 0 spiro atoms. The van der Waals surface area contributed by atoms with Crippen LogP contribution in [0, 0.1) is 0 Å². The van der Waals surface area contributed by atoms with Crippen molar-refractivity contribution in [1.82, 2.24) is 20.1 Å². The van der Waals surface area contributed by atoms with E-state index < -0.39 is 0 Å².